The van der Waals surface area contributed by atoms with Crippen molar-refractivity contribution in [1.82, 2.24) is 19.9 Å². The normalized spacial score (nSPS) is 10.2. The van der Waals surface area contributed by atoms with Crippen LogP contribution >= 0.6 is 0 Å². The first-order valence-electron chi connectivity index (χ1n) is 7.22. The second-order valence-corrected chi connectivity index (χ2v) is 5.13. The van der Waals surface area contributed by atoms with Crippen LogP contribution < -0.4 is 5.32 Å². The number of likely N-dealkylation sites (N-methyl/N-ethyl adjacent to an activating group) is 1. The van der Waals surface area contributed by atoms with Crippen molar-refractivity contribution in [3.8, 4) is 5.69 Å². The van der Waals surface area contributed by atoms with Gasteiger partial charge in [0.2, 0.25) is 0 Å². The van der Waals surface area contributed by atoms with E-state index < -0.39 is 11.8 Å². The summed E-state index contributed by atoms with van der Waals surface area (Å²) >= 11 is 0. The molecule has 2 rings (SSSR count). The largest absolute Gasteiger partial charge is 0.331 e. The molecule has 2 amide bonds. The van der Waals surface area contributed by atoms with Crippen LogP contribution in [0.5, 0.6) is 0 Å². The number of rotatable bonds is 5. The van der Waals surface area contributed by atoms with E-state index in [1.165, 1.54) is 4.90 Å². The molecule has 0 fully saturated rings. The second kappa shape index (κ2) is 7.35. The predicted octanol–water partition coefficient (Wildman–Crippen LogP) is 1.63. The Kier molecular flexibility index (Phi) is 5.24. The summed E-state index contributed by atoms with van der Waals surface area (Å²) in [5, 5.41) is 10.2. The van der Waals surface area contributed by atoms with Crippen LogP contribution in [0.15, 0.2) is 48.8 Å². The topological polar surface area (TPSA) is 80.1 Å². The van der Waals surface area contributed by atoms with Gasteiger partial charge in [0.05, 0.1) is 18.1 Å². The summed E-state index contributed by atoms with van der Waals surface area (Å²) in [5.74, 6) is -1.26. The highest BCUT2D eigenvalue weighted by Gasteiger charge is 2.20. The fraction of sp³-hybridized carbons (Fsp3) is 0.250. The van der Waals surface area contributed by atoms with Gasteiger partial charge in [0, 0.05) is 18.8 Å². The number of carbonyl (C=O) groups excluding carboxylic acids is 2. The Labute approximate surface area is 134 Å². The number of amides is 2. The van der Waals surface area contributed by atoms with E-state index in [0.29, 0.717) is 18.8 Å². The van der Waals surface area contributed by atoms with Gasteiger partial charge in [-0.1, -0.05) is 23.4 Å². The minimum atomic E-state index is -0.677. The zero-order valence-corrected chi connectivity index (χ0v) is 13.2. The van der Waals surface area contributed by atoms with Gasteiger partial charge in [-0.15, -0.1) is 5.10 Å². The molecule has 7 heteroatoms. The molecule has 0 bridgehead atoms. The Morgan fingerprint density at radius 3 is 2.78 bits per heavy atom. The minimum Gasteiger partial charge on any atom is -0.331 e. The number of carbonyl (C=O) groups is 2. The summed E-state index contributed by atoms with van der Waals surface area (Å²) in [7, 11) is 0. The number of nitrogens with zero attached hydrogens (tertiary/aromatic N) is 4. The molecule has 1 aromatic carbocycles. The third kappa shape index (κ3) is 4.26. The van der Waals surface area contributed by atoms with E-state index >= 15 is 0 Å². The zero-order valence-electron chi connectivity index (χ0n) is 13.2. The standard InChI is InChI=1S/C16H19N5O2/c1-4-20(11-12(2)3)16(23)15(22)18-13-6-5-7-14(10-13)21-9-8-17-19-21/h5-10H,2,4,11H2,1,3H3,(H,18,22). The first kappa shape index (κ1) is 16.4. The molecule has 1 heterocycles. The third-order valence-electron chi connectivity index (χ3n) is 3.12. The van der Waals surface area contributed by atoms with E-state index in [4.69, 9.17) is 0 Å². The lowest BCUT2D eigenvalue weighted by molar-refractivity contribution is -0.142. The Bertz CT molecular complexity index is 709. The smallest absolute Gasteiger partial charge is 0.313 e. The molecule has 0 aliphatic carbocycles. The van der Waals surface area contributed by atoms with E-state index in [2.05, 4.69) is 22.2 Å². The van der Waals surface area contributed by atoms with Crippen LogP contribution in [0.25, 0.3) is 5.69 Å². The number of aromatic nitrogens is 3. The number of anilines is 1. The van der Waals surface area contributed by atoms with Gasteiger partial charge in [-0.2, -0.15) is 0 Å². The fourth-order valence-electron chi connectivity index (χ4n) is 2.05. The van der Waals surface area contributed by atoms with Crippen molar-refractivity contribution < 1.29 is 9.59 Å². The Morgan fingerprint density at radius 2 is 2.17 bits per heavy atom. The summed E-state index contributed by atoms with van der Waals surface area (Å²) in [4.78, 5) is 25.7. The first-order chi connectivity index (χ1) is 11.0. The first-order valence-corrected chi connectivity index (χ1v) is 7.22. The average Bonchev–Trinajstić information content (AvgIpc) is 3.06. The molecule has 0 saturated carbocycles. The number of hydrogen-bond acceptors (Lipinski definition) is 4. The van der Waals surface area contributed by atoms with Crippen molar-refractivity contribution in [2.75, 3.05) is 18.4 Å². The predicted molar refractivity (Wildman–Crippen MR) is 87.1 cm³/mol. The molecule has 0 unspecified atom stereocenters. The molecule has 0 aliphatic rings. The van der Waals surface area contributed by atoms with Crippen molar-refractivity contribution in [3.63, 3.8) is 0 Å². The van der Waals surface area contributed by atoms with Gasteiger partial charge < -0.3 is 10.2 Å². The number of nitrogens with one attached hydrogen (secondary N) is 1. The summed E-state index contributed by atoms with van der Waals surface area (Å²) in [5.41, 5.74) is 2.07. The maximum absolute atomic E-state index is 12.2. The highest BCUT2D eigenvalue weighted by molar-refractivity contribution is 6.39. The SMILES string of the molecule is C=C(C)CN(CC)C(=O)C(=O)Nc1cccc(-n2ccnn2)c1. The molecule has 0 atom stereocenters. The van der Waals surface area contributed by atoms with E-state index in [0.717, 1.165) is 11.3 Å². The van der Waals surface area contributed by atoms with Crippen molar-refractivity contribution in [3.05, 3.63) is 48.8 Å². The molecule has 0 saturated heterocycles. The van der Waals surface area contributed by atoms with Crippen LogP contribution in [0.1, 0.15) is 13.8 Å². The fourth-order valence-corrected chi connectivity index (χ4v) is 2.05. The Balaban J connectivity index is 2.09. The van der Waals surface area contributed by atoms with Crippen LogP contribution in [0.2, 0.25) is 0 Å². The van der Waals surface area contributed by atoms with Gasteiger partial charge in [0.1, 0.15) is 0 Å². The molecular formula is C16H19N5O2. The lowest BCUT2D eigenvalue weighted by Gasteiger charge is -2.20. The molecular weight excluding hydrogens is 294 g/mol. The molecule has 2 aromatic rings. The number of benzene rings is 1. The maximum Gasteiger partial charge on any atom is 0.313 e. The molecule has 1 aromatic heterocycles. The van der Waals surface area contributed by atoms with Crippen LogP contribution in [0.3, 0.4) is 0 Å². The monoisotopic (exact) mass is 313 g/mol. The van der Waals surface area contributed by atoms with Gasteiger partial charge in [0.15, 0.2) is 0 Å². The highest BCUT2D eigenvalue weighted by atomic mass is 16.2. The van der Waals surface area contributed by atoms with Gasteiger partial charge in [-0.3, -0.25) is 9.59 Å². The van der Waals surface area contributed by atoms with Crippen molar-refractivity contribution >= 4 is 17.5 Å². The van der Waals surface area contributed by atoms with E-state index in [-0.39, 0.29) is 0 Å². The molecule has 0 spiro atoms. The quantitative estimate of drug-likeness (QED) is 0.672. The van der Waals surface area contributed by atoms with Crippen molar-refractivity contribution in [1.29, 1.82) is 0 Å². The molecule has 7 nitrogen and oxygen atoms in total. The van der Waals surface area contributed by atoms with Crippen LogP contribution in [-0.2, 0) is 9.59 Å². The second-order valence-electron chi connectivity index (χ2n) is 5.13. The summed E-state index contributed by atoms with van der Waals surface area (Å²) in [6, 6.07) is 7.02. The number of hydrogen-bond donors (Lipinski definition) is 1. The summed E-state index contributed by atoms with van der Waals surface area (Å²) < 4.78 is 1.57. The van der Waals surface area contributed by atoms with Gasteiger partial charge in [-0.05, 0) is 32.0 Å². The molecule has 1 N–H and O–H groups in total. The highest BCUT2D eigenvalue weighted by Crippen LogP contribution is 2.13. The van der Waals surface area contributed by atoms with E-state index in [1.54, 1.807) is 35.3 Å². The van der Waals surface area contributed by atoms with Crippen LogP contribution in [0, 0.1) is 0 Å². The van der Waals surface area contributed by atoms with Gasteiger partial charge in [0.25, 0.3) is 0 Å². The summed E-state index contributed by atoms with van der Waals surface area (Å²) in [6.07, 6.45) is 3.25. The Hall–Kier alpha value is -2.96. The van der Waals surface area contributed by atoms with Gasteiger partial charge in [-0.25, -0.2) is 4.68 Å². The lowest BCUT2D eigenvalue weighted by Crippen LogP contribution is -2.40. The van der Waals surface area contributed by atoms with Crippen molar-refractivity contribution in [2.45, 2.75) is 13.8 Å². The Morgan fingerprint density at radius 1 is 1.39 bits per heavy atom. The molecule has 23 heavy (non-hydrogen) atoms. The molecule has 120 valence electrons. The van der Waals surface area contributed by atoms with E-state index in [9.17, 15) is 9.59 Å². The summed E-state index contributed by atoms with van der Waals surface area (Å²) in [6.45, 7) is 8.21. The maximum atomic E-state index is 12.2. The third-order valence-corrected chi connectivity index (χ3v) is 3.12. The van der Waals surface area contributed by atoms with Crippen LogP contribution in [0.4, 0.5) is 5.69 Å². The lowest BCUT2D eigenvalue weighted by atomic mass is 10.2. The van der Waals surface area contributed by atoms with Crippen LogP contribution in [-0.4, -0.2) is 44.8 Å². The zero-order chi connectivity index (χ0) is 16.8. The molecule has 0 aliphatic heterocycles. The minimum absolute atomic E-state index is 0.363. The van der Waals surface area contributed by atoms with Gasteiger partial charge >= 0.3 is 11.8 Å². The van der Waals surface area contributed by atoms with E-state index in [1.807, 2.05) is 19.9 Å². The van der Waals surface area contributed by atoms with Crippen molar-refractivity contribution in [2.24, 2.45) is 0 Å². The average molecular weight is 313 g/mol. The molecule has 0 radical (unpaired) electrons.